The summed E-state index contributed by atoms with van der Waals surface area (Å²) in [5.74, 6) is 0.173. The Hall–Kier alpha value is -1.86. The van der Waals surface area contributed by atoms with Gasteiger partial charge in [0.05, 0.1) is 17.6 Å². The van der Waals surface area contributed by atoms with Crippen LogP contribution in [0.5, 0.6) is 0 Å². The molecule has 1 atom stereocenters. The van der Waals surface area contributed by atoms with Crippen LogP contribution in [0.2, 0.25) is 0 Å². The smallest absolute Gasteiger partial charge is 0.231 e. The predicted octanol–water partition coefficient (Wildman–Crippen LogP) is 1.52. The second-order valence-electron chi connectivity index (χ2n) is 4.60. The van der Waals surface area contributed by atoms with Crippen LogP contribution in [0, 0.1) is 17.2 Å². The number of hydrogen-bond acceptors (Lipinski definition) is 3. The first-order valence-corrected chi connectivity index (χ1v) is 6.21. The zero-order valence-electron chi connectivity index (χ0n) is 10.5. The molecule has 1 N–H and O–H groups in total. The Balaban J connectivity index is 2.12. The number of piperidine rings is 1. The molecule has 0 saturated carbocycles. The number of anilines is 1. The highest BCUT2D eigenvalue weighted by Crippen LogP contribution is 2.19. The van der Waals surface area contributed by atoms with Gasteiger partial charge in [-0.2, -0.15) is 5.26 Å². The Morgan fingerprint density at radius 3 is 3.06 bits per heavy atom. The normalized spacial score (nSPS) is 19.0. The van der Waals surface area contributed by atoms with Gasteiger partial charge in [-0.15, -0.1) is 0 Å². The molecule has 2 rings (SSSR count). The molecule has 0 aliphatic carbocycles. The van der Waals surface area contributed by atoms with E-state index in [-0.39, 0.29) is 11.8 Å². The van der Waals surface area contributed by atoms with Crippen LogP contribution in [0.15, 0.2) is 24.3 Å². The van der Waals surface area contributed by atoms with Crippen molar-refractivity contribution in [2.24, 2.45) is 5.92 Å². The fourth-order valence-electron chi connectivity index (χ4n) is 2.25. The van der Waals surface area contributed by atoms with E-state index in [2.05, 4.69) is 11.4 Å². The molecule has 1 aliphatic rings. The minimum atomic E-state index is 0.0505. The summed E-state index contributed by atoms with van der Waals surface area (Å²) in [5, 5.41) is 12.1. The average Bonchev–Trinajstić information content (AvgIpc) is 2.46. The molecule has 1 fully saturated rings. The summed E-state index contributed by atoms with van der Waals surface area (Å²) in [5.41, 5.74) is 1.36. The number of nitriles is 1. The number of carbonyl (C=O) groups is 1. The Kier molecular flexibility index (Phi) is 3.96. The molecule has 4 nitrogen and oxygen atoms in total. The number of amides is 1. The van der Waals surface area contributed by atoms with E-state index in [9.17, 15) is 4.79 Å². The number of nitrogens with one attached hydrogen (secondary N) is 1. The van der Waals surface area contributed by atoms with E-state index in [4.69, 9.17) is 5.26 Å². The van der Waals surface area contributed by atoms with Gasteiger partial charge >= 0.3 is 0 Å². The summed E-state index contributed by atoms with van der Waals surface area (Å²) in [6.45, 7) is 1.75. The molecule has 4 heteroatoms. The summed E-state index contributed by atoms with van der Waals surface area (Å²) in [6, 6.07) is 9.23. The van der Waals surface area contributed by atoms with Crippen molar-refractivity contribution in [1.29, 1.82) is 5.26 Å². The molecule has 18 heavy (non-hydrogen) atoms. The lowest BCUT2D eigenvalue weighted by Crippen LogP contribution is -2.41. The Bertz CT molecular complexity index is 472. The Morgan fingerprint density at radius 1 is 1.56 bits per heavy atom. The standard InChI is InChI=1S/C14H17N3O/c1-17(13-6-2-4-11(8-13)9-15)14(18)12-5-3-7-16-10-12/h2,4,6,8,12,16H,3,5,7,10H2,1H3/t12-/m1/s1. The molecule has 1 heterocycles. The molecule has 1 aliphatic heterocycles. The SMILES string of the molecule is CN(C(=O)[C@@H]1CCCNC1)c1cccc(C#N)c1. The molecule has 94 valence electrons. The molecule has 1 aromatic carbocycles. The lowest BCUT2D eigenvalue weighted by Gasteiger charge is -2.27. The maximum Gasteiger partial charge on any atom is 0.231 e. The molecule has 0 bridgehead atoms. The third kappa shape index (κ3) is 2.69. The van der Waals surface area contributed by atoms with Gasteiger partial charge in [-0.25, -0.2) is 0 Å². The van der Waals surface area contributed by atoms with Gasteiger partial charge in [0.2, 0.25) is 5.91 Å². The molecule has 0 spiro atoms. The topological polar surface area (TPSA) is 56.1 Å². The minimum absolute atomic E-state index is 0.0505. The molecular formula is C14H17N3O. The molecule has 1 saturated heterocycles. The van der Waals surface area contributed by atoms with E-state index in [1.54, 1.807) is 30.1 Å². The predicted molar refractivity (Wildman–Crippen MR) is 70.2 cm³/mol. The van der Waals surface area contributed by atoms with Crippen molar-refractivity contribution >= 4 is 11.6 Å². The number of benzene rings is 1. The largest absolute Gasteiger partial charge is 0.316 e. The first-order valence-electron chi connectivity index (χ1n) is 6.21. The second kappa shape index (κ2) is 5.65. The summed E-state index contributed by atoms with van der Waals surface area (Å²) in [7, 11) is 1.77. The van der Waals surface area contributed by atoms with Gasteiger partial charge in [-0.1, -0.05) is 6.07 Å². The maximum absolute atomic E-state index is 12.3. The van der Waals surface area contributed by atoms with Crippen molar-refractivity contribution in [3.8, 4) is 6.07 Å². The highest BCUT2D eigenvalue weighted by atomic mass is 16.2. The third-order valence-corrected chi connectivity index (χ3v) is 3.34. The highest BCUT2D eigenvalue weighted by molar-refractivity contribution is 5.94. The molecule has 0 unspecified atom stereocenters. The Labute approximate surface area is 107 Å². The average molecular weight is 243 g/mol. The molecule has 1 aromatic rings. The molecule has 1 amide bonds. The number of rotatable bonds is 2. The molecular weight excluding hydrogens is 226 g/mol. The van der Waals surface area contributed by atoms with Crippen LogP contribution in [0.3, 0.4) is 0 Å². The van der Waals surface area contributed by atoms with Crippen molar-refractivity contribution in [2.45, 2.75) is 12.8 Å². The van der Waals surface area contributed by atoms with Crippen molar-refractivity contribution in [3.05, 3.63) is 29.8 Å². The van der Waals surface area contributed by atoms with Gasteiger partial charge in [0.1, 0.15) is 0 Å². The van der Waals surface area contributed by atoms with Crippen molar-refractivity contribution < 1.29 is 4.79 Å². The molecule has 0 radical (unpaired) electrons. The van der Waals surface area contributed by atoms with Crippen molar-refractivity contribution in [1.82, 2.24) is 5.32 Å². The second-order valence-corrected chi connectivity index (χ2v) is 4.60. The quantitative estimate of drug-likeness (QED) is 0.856. The lowest BCUT2D eigenvalue weighted by atomic mass is 9.98. The Morgan fingerprint density at radius 2 is 2.39 bits per heavy atom. The summed E-state index contributed by atoms with van der Waals surface area (Å²) < 4.78 is 0. The fraction of sp³-hybridized carbons (Fsp3) is 0.429. The summed E-state index contributed by atoms with van der Waals surface area (Å²) in [4.78, 5) is 14.0. The summed E-state index contributed by atoms with van der Waals surface area (Å²) in [6.07, 6.45) is 1.98. The monoisotopic (exact) mass is 243 g/mol. The first kappa shape index (κ1) is 12.6. The molecule has 0 aromatic heterocycles. The van der Waals surface area contributed by atoms with Crippen LogP contribution in [0.25, 0.3) is 0 Å². The van der Waals surface area contributed by atoms with Crippen LogP contribution in [0.4, 0.5) is 5.69 Å². The number of hydrogen-bond donors (Lipinski definition) is 1. The van der Waals surface area contributed by atoms with Crippen LogP contribution < -0.4 is 10.2 Å². The zero-order chi connectivity index (χ0) is 13.0. The van der Waals surface area contributed by atoms with Gasteiger partial charge in [0, 0.05) is 19.3 Å². The van der Waals surface area contributed by atoms with Gasteiger partial charge < -0.3 is 10.2 Å². The van der Waals surface area contributed by atoms with E-state index in [0.717, 1.165) is 31.6 Å². The van der Waals surface area contributed by atoms with Crippen LogP contribution >= 0.6 is 0 Å². The lowest BCUT2D eigenvalue weighted by molar-refractivity contribution is -0.122. The van der Waals surface area contributed by atoms with E-state index < -0.39 is 0 Å². The van der Waals surface area contributed by atoms with Gasteiger partial charge in [0.15, 0.2) is 0 Å². The first-order chi connectivity index (χ1) is 8.72. The van der Waals surface area contributed by atoms with Crippen LogP contribution in [0.1, 0.15) is 18.4 Å². The third-order valence-electron chi connectivity index (χ3n) is 3.34. The fourth-order valence-corrected chi connectivity index (χ4v) is 2.25. The number of nitrogens with zero attached hydrogens (tertiary/aromatic N) is 2. The van der Waals surface area contributed by atoms with E-state index in [1.165, 1.54) is 0 Å². The number of carbonyl (C=O) groups excluding carboxylic acids is 1. The van der Waals surface area contributed by atoms with Crippen LogP contribution in [-0.4, -0.2) is 26.0 Å². The zero-order valence-corrected chi connectivity index (χ0v) is 10.5. The van der Waals surface area contributed by atoms with Gasteiger partial charge in [0.25, 0.3) is 0 Å². The minimum Gasteiger partial charge on any atom is -0.316 e. The van der Waals surface area contributed by atoms with E-state index in [1.807, 2.05) is 6.07 Å². The van der Waals surface area contributed by atoms with Gasteiger partial charge in [-0.3, -0.25) is 4.79 Å². The summed E-state index contributed by atoms with van der Waals surface area (Å²) >= 11 is 0. The van der Waals surface area contributed by atoms with E-state index in [0.29, 0.717) is 5.56 Å². The highest BCUT2D eigenvalue weighted by Gasteiger charge is 2.24. The van der Waals surface area contributed by atoms with Crippen molar-refractivity contribution in [2.75, 3.05) is 25.0 Å². The van der Waals surface area contributed by atoms with Crippen molar-refractivity contribution in [3.63, 3.8) is 0 Å². The maximum atomic E-state index is 12.3. The van der Waals surface area contributed by atoms with E-state index >= 15 is 0 Å². The van der Waals surface area contributed by atoms with Gasteiger partial charge in [-0.05, 0) is 37.6 Å². The van der Waals surface area contributed by atoms with Crippen LogP contribution in [-0.2, 0) is 4.79 Å².